The van der Waals surface area contributed by atoms with Gasteiger partial charge in [0.25, 0.3) is 5.91 Å². The van der Waals surface area contributed by atoms with Crippen LogP contribution in [0.25, 0.3) is 11.3 Å². The highest BCUT2D eigenvalue weighted by molar-refractivity contribution is 8.00. The fourth-order valence-electron chi connectivity index (χ4n) is 3.19. The Hall–Kier alpha value is -3.49. The Morgan fingerprint density at radius 3 is 2.53 bits per heavy atom. The first-order valence-electron chi connectivity index (χ1n) is 10.5. The van der Waals surface area contributed by atoms with Crippen molar-refractivity contribution in [2.75, 3.05) is 10.6 Å². The van der Waals surface area contributed by atoms with Gasteiger partial charge in [0.05, 0.1) is 10.9 Å². The molecule has 34 heavy (non-hydrogen) atoms. The zero-order valence-electron chi connectivity index (χ0n) is 18.5. The standard InChI is InChI=1S/C26H22FN3O2S2/c1-16-5-3-6-19(13-16)25(32)28-21-7-4-8-22(14-21)34-17(2)24(31)30-26-29-23(15-33-26)18-9-11-20(27)12-10-18/h3-15,17H,1-2H3,(H,28,32)(H,29,30,31). The Balaban J connectivity index is 1.36. The molecule has 4 aromatic rings. The summed E-state index contributed by atoms with van der Waals surface area (Å²) in [6, 6.07) is 20.9. The first kappa shape index (κ1) is 23.7. The van der Waals surface area contributed by atoms with Crippen LogP contribution >= 0.6 is 23.1 Å². The third-order valence-corrected chi connectivity index (χ3v) is 6.78. The number of hydrogen-bond donors (Lipinski definition) is 2. The molecule has 0 fully saturated rings. The Labute approximate surface area is 205 Å². The molecule has 1 unspecified atom stereocenters. The summed E-state index contributed by atoms with van der Waals surface area (Å²) in [5.74, 6) is -0.672. The molecule has 8 heteroatoms. The number of benzene rings is 3. The van der Waals surface area contributed by atoms with Gasteiger partial charge in [0.1, 0.15) is 5.82 Å². The molecule has 0 spiro atoms. The van der Waals surface area contributed by atoms with Crippen LogP contribution in [0, 0.1) is 12.7 Å². The zero-order chi connectivity index (χ0) is 24.1. The number of aryl methyl sites for hydroxylation is 1. The predicted octanol–water partition coefficient (Wildman–Crippen LogP) is 6.63. The van der Waals surface area contributed by atoms with E-state index in [0.29, 0.717) is 22.1 Å². The Morgan fingerprint density at radius 2 is 1.76 bits per heavy atom. The highest BCUT2D eigenvalue weighted by Gasteiger charge is 2.17. The Kier molecular flexibility index (Phi) is 7.40. The number of rotatable bonds is 7. The molecule has 0 aliphatic carbocycles. The predicted molar refractivity (Wildman–Crippen MR) is 137 cm³/mol. The van der Waals surface area contributed by atoms with Gasteiger partial charge in [-0.1, -0.05) is 23.8 Å². The van der Waals surface area contributed by atoms with E-state index in [4.69, 9.17) is 0 Å². The molecule has 0 saturated heterocycles. The topological polar surface area (TPSA) is 71.1 Å². The van der Waals surface area contributed by atoms with E-state index < -0.39 is 0 Å². The molecule has 0 aliphatic rings. The van der Waals surface area contributed by atoms with Gasteiger partial charge in [-0.25, -0.2) is 9.37 Å². The van der Waals surface area contributed by atoms with Gasteiger partial charge in [-0.15, -0.1) is 23.1 Å². The highest BCUT2D eigenvalue weighted by atomic mass is 32.2. The van der Waals surface area contributed by atoms with E-state index in [9.17, 15) is 14.0 Å². The van der Waals surface area contributed by atoms with E-state index in [1.807, 2.05) is 61.7 Å². The number of thiazole rings is 1. The molecule has 0 saturated carbocycles. The van der Waals surface area contributed by atoms with Crippen molar-refractivity contribution in [2.24, 2.45) is 0 Å². The van der Waals surface area contributed by atoms with Crippen molar-refractivity contribution >= 4 is 45.7 Å². The number of carbonyl (C=O) groups excluding carboxylic acids is 2. The molecule has 2 N–H and O–H groups in total. The number of thioether (sulfide) groups is 1. The number of amides is 2. The lowest BCUT2D eigenvalue weighted by molar-refractivity contribution is -0.115. The first-order valence-corrected chi connectivity index (χ1v) is 12.3. The number of anilines is 2. The zero-order valence-corrected chi connectivity index (χ0v) is 20.2. The highest BCUT2D eigenvalue weighted by Crippen LogP contribution is 2.29. The maximum Gasteiger partial charge on any atom is 0.255 e. The number of nitrogens with zero attached hydrogens (tertiary/aromatic N) is 1. The van der Waals surface area contributed by atoms with Gasteiger partial charge < -0.3 is 10.6 Å². The van der Waals surface area contributed by atoms with Crippen LogP contribution in [0.1, 0.15) is 22.8 Å². The van der Waals surface area contributed by atoms with Crippen LogP contribution in [0.3, 0.4) is 0 Å². The molecule has 172 valence electrons. The minimum absolute atomic E-state index is 0.181. The molecule has 1 aromatic heterocycles. The van der Waals surface area contributed by atoms with Gasteiger partial charge in [-0.2, -0.15) is 0 Å². The molecule has 1 atom stereocenters. The monoisotopic (exact) mass is 491 g/mol. The largest absolute Gasteiger partial charge is 0.322 e. The molecule has 3 aromatic carbocycles. The molecule has 2 amide bonds. The maximum atomic E-state index is 13.1. The second-order valence-corrected chi connectivity index (χ2v) is 9.92. The molecule has 0 bridgehead atoms. The molecular weight excluding hydrogens is 469 g/mol. The summed E-state index contributed by atoms with van der Waals surface area (Å²) in [4.78, 5) is 30.5. The summed E-state index contributed by atoms with van der Waals surface area (Å²) in [5.41, 5.74) is 3.73. The van der Waals surface area contributed by atoms with Crippen molar-refractivity contribution in [3.8, 4) is 11.3 Å². The van der Waals surface area contributed by atoms with Crippen LogP contribution < -0.4 is 10.6 Å². The van der Waals surface area contributed by atoms with Crippen molar-refractivity contribution in [2.45, 2.75) is 24.0 Å². The van der Waals surface area contributed by atoms with Crippen LogP contribution in [0.15, 0.2) is 83.1 Å². The average molecular weight is 492 g/mol. The van der Waals surface area contributed by atoms with Crippen LogP contribution in [-0.2, 0) is 4.79 Å². The maximum absolute atomic E-state index is 13.1. The number of halogens is 1. The molecule has 1 heterocycles. The van der Waals surface area contributed by atoms with Gasteiger partial charge in [-0.3, -0.25) is 9.59 Å². The summed E-state index contributed by atoms with van der Waals surface area (Å²) >= 11 is 2.70. The fraction of sp³-hybridized carbons (Fsp3) is 0.115. The summed E-state index contributed by atoms with van der Waals surface area (Å²) in [6.07, 6.45) is 0. The van der Waals surface area contributed by atoms with Crippen LogP contribution in [-0.4, -0.2) is 22.0 Å². The minimum Gasteiger partial charge on any atom is -0.322 e. The third kappa shape index (κ3) is 6.09. The summed E-state index contributed by atoms with van der Waals surface area (Å²) in [7, 11) is 0. The quantitative estimate of drug-likeness (QED) is 0.285. The average Bonchev–Trinajstić information content (AvgIpc) is 3.28. The molecule has 4 rings (SSSR count). The molecular formula is C26H22FN3O2S2. The van der Waals surface area contributed by atoms with Crippen LogP contribution in [0.4, 0.5) is 15.2 Å². The SMILES string of the molecule is Cc1cccc(C(=O)Nc2cccc(SC(C)C(=O)Nc3nc(-c4ccc(F)cc4)cs3)c2)c1. The molecule has 0 aliphatic heterocycles. The van der Waals surface area contributed by atoms with Crippen molar-refractivity contribution < 1.29 is 14.0 Å². The number of hydrogen-bond acceptors (Lipinski definition) is 5. The van der Waals surface area contributed by atoms with E-state index in [-0.39, 0.29) is 22.9 Å². The van der Waals surface area contributed by atoms with Crippen molar-refractivity contribution in [1.82, 2.24) is 4.98 Å². The fourth-order valence-corrected chi connectivity index (χ4v) is 4.83. The van der Waals surface area contributed by atoms with E-state index in [2.05, 4.69) is 15.6 Å². The van der Waals surface area contributed by atoms with E-state index in [1.54, 1.807) is 18.2 Å². The number of nitrogens with one attached hydrogen (secondary N) is 2. The summed E-state index contributed by atoms with van der Waals surface area (Å²) in [5, 5.41) is 7.66. The van der Waals surface area contributed by atoms with Crippen molar-refractivity contribution in [3.63, 3.8) is 0 Å². The van der Waals surface area contributed by atoms with E-state index >= 15 is 0 Å². The van der Waals surface area contributed by atoms with Gasteiger partial charge in [0, 0.05) is 27.1 Å². The molecule has 0 radical (unpaired) electrons. The Bertz CT molecular complexity index is 1320. The normalized spacial score (nSPS) is 11.6. The van der Waals surface area contributed by atoms with Gasteiger partial charge in [-0.05, 0) is 68.4 Å². The third-order valence-electron chi connectivity index (χ3n) is 4.93. The Morgan fingerprint density at radius 1 is 1.00 bits per heavy atom. The van der Waals surface area contributed by atoms with Crippen molar-refractivity contribution in [1.29, 1.82) is 0 Å². The van der Waals surface area contributed by atoms with Gasteiger partial charge in [0.15, 0.2) is 5.13 Å². The van der Waals surface area contributed by atoms with Crippen LogP contribution in [0.2, 0.25) is 0 Å². The van der Waals surface area contributed by atoms with Crippen LogP contribution in [0.5, 0.6) is 0 Å². The van der Waals surface area contributed by atoms with E-state index in [1.165, 1.54) is 35.2 Å². The summed E-state index contributed by atoms with van der Waals surface area (Å²) < 4.78 is 13.1. The van der Waals surface area contributed by atoms with Crippen molar-refractivity contribution in [3.05, 3.63) is 95.1 Å². The van der Waals surface area contributed by atoms with Gasteiger partial charge >= 0.3 is 0 Å². The number of aromatic nitrogens is 1. The number of carbonyl (C=O) groups is 2. The van der Waals surface area contributed by atoms with E-state index in [0.717, 1.165) is 16.0 Å². The lowest BCUT2D eigenvalue weighted by Gasteiger charge is -2.12. The lowest BCUT2D eigenvalue weighted by Crippen LogP contribution is -2.22. The minimum atomic E-state index is -0.388. The second-order valence-electron chi connectivity index (χ2n) is 7.65. The summed E-state index contributed by atoms with van der Waals surface area (Å²) in [6.45, 7) is 3.75. The second kappa shape index (κ2) is 10.6. The lowest BCUT2D eigenvalue weighted by atomic mass is 10.1. The first-order chi connectivity index (χ1) is 16.4. The van der Waals surface area contributed by atoms with Gasteiger partial charge in [0.2, 0.25) is 5.91 Å². The molecule has 5 nitrogen and oxygen atoms in total. The smallest absolute Gasteiger partial charge is 0.255 e.